The fraction of sp³-hybridized carbons (Fsp3) is 0.238. The van der Waals surface area contributed by atoms with Crippen molar-refractivity contribution in [2.75, 3.05) is 0 Å². The minimum atomic E-state index is 0.0735. The first-order valence-electron chi connectivity index (χ1n) is 7.93. The Labute approximate surface area is 132 Å². The highest BCUT2D eigenvalue weighted by Crippen LogP contribution is 2.49. The minimum absolute atomic E-state index is 0.0735. The molecular weight excluding hydrogens is 266 g/mol. The number of benzene rings is 2. The molecule has 1 N–H and O–H groups in total. The van der Waals surface area contributed by atoms with Gasteiger partial charge in [0.2, 0.25) is 0 Å². The van der Waals surface area contributed by atoms with Gasteiger partial charge in [-0.25, -0.2) is 0 Å². The molecule has 1 atom stereocenters. The van der Waals surface area contributed by atoms with Crippen molar-refractivity contribution in [3.63, 3.8) is 0 Å². The van der Waals surface area contributed by atoms with Crippen LogP contribution in [0.3, 0.4) is 0 Å². The van der Waals surface area contributed by atoms with Gasteiger partial charge in [0.1, 0.15) is 0 Å². The van der Waals surface area contributed by atoms with E-state index in [-0.39, 0.29) is 11.5 Å². The van der Waals surface area contributed by atoms with Crippen molar-refractivity contribution in [1.29, 1.82) is 0 Å². The number of hydrogen-bond donors (Lipinski definition) is 1. The molecule has 110 valence electrons. The van der Waals surface area contributed by atoms with Crippen molar-refractivity contribution in [3.05, 3.63) is 83.1 Å². The first-order valence-corrected chi connectivity index (χ1v) is 7.93. The van der Waals surface area contributed by atoms with Crippen LogP contribution in [0.25, 0.3) is 11.1 Å². The van der Waals surface area contributed by atoms with Crippen LogP contribution in [0.2, 0.25) is 0 Å². The van der Waals surface area contributed by atoms with Gasteiger partial charge in [-0.15, -0.1) is 0 Å². The van der Waals surface area contributed by atoms with E-state index >= 15 is 0 Å². The van der Waals surface area contributed by atoms with Crippen molar-refractivity contribution in [3.8, 4) is 11.1 Å². The molecule has 1 heteroatoms. The van der Waals surface area contributed by atoms with Crippen LogP contribution in [0.4, 0.5) is 0 Å². The fourth-order valence-corrected chi connectivity index (χ4v) is 3.84. The molecule has 1 aliphatic heterocycles. The quantitative estimate of drug-likeness (QED) is 0.769. The van der Waals surface area contributed by atoms with Crippen LogP contribution in [-0.4, -0.2) is 0 Å². The SMILES string of the molecule is CC1=CC=CNC1c1ccc2c(c1)C(C)(C)c1ccccc1-2. The van der Waals surface area contributed by atoms with Crippen LogP contribution in [-0.2, 0) is 5.41 Å². The molecule has 1 nitrogen and oxygen atoms in total. The van der Waals surface area contributed by atoms with Gasteiger partial charge in [0.15, 0.2) is 0 Å². The van der Waals surface area contributed by atoms with Crippen LogP contribution in [0, 0.1) is 0 Å². The highest BCUT2D eigenvalue weighted by Gasteiger charge is 2.35. The Morgan fingerprint density at radius 2 is 1.73 bits per heavy atom. The zero-order chi connectivity index (χ0) is 15.3. The van der Waals surface area contributed by atoms with E-state index in [1.165, 1.54) is 33.4 Å². The fourth-order valence-electron chi connectivity index (χ4n) is 3.84. The van der Waals surface area contributed by atoms with Gasteiger partial charge in [-0.05, 0) is 52.6 Å². The molecule has 0 saturated carbocycles. The number of nitrogens with one attached hydrogen (secondary N) is 1. The predicted octanol–water partition coefficient (Wildman–Crippen LogP) is 5.10. The topological polar surface area (TPSA) is 12.0 Å². The van der Waals surface area contributed by atoms with E-state index < -0.39 is 0 Å². The highest BCUT2D eigenvalue weighted by atomic mass is 14.9. The Hall–Kier alpha value is -2.28. The molecule has 2 aromatic rings. The molecule has 0 bridgehead atoms. The maximum atomic E-state index is 3.48. The number of hydrogen-bond acceptors (Lipinski definition) is 1. The maximum Gasteiger partial charge on any atom is 0.0722 e. The van der Waals surface area contributed by atoms with E-state index in [0.29, 0.717) is 0 Å². The normalized spacial score (nSPS) is 20.9. The summed E-state index contributed by atoms with van der Waals surface area (Å²) in [6.45, 7) is 6.85. The third kappa shape index (κ3) is 1.78. The van der Waals surface area contributed by atoms with Gasteiger partial charge in [-0.3, -0.25) is 0 Å². The summed E-state index contributed by atoms with van der Waals surface area (Å²) < 4.78 is 0. The molecule has 0 saturated heterocycles. The molecule has 1 unspecified atom stereocenters. The van der Waals surface area contributed by atoms with Gasteiger partial charge < -0.3 is 5.32 Å². The van der Waals surface area contributed by atoms with E-state index in [4.69, 9.17) is 0 Å². The number of rotatable bonds is 1. The molecule has 1 aliphatic carbocycles. The van der Waals surface area contributed by atoms with Crippen LogP contribution < -0.4 is 5.32 Å². The molecular formula is C21H21N. The summed E-state index contributed by atoms with van der Waals surface area (Å²) in [5.41, 5.74) is 8.43. The van der Waals surface area contributed by atoms with Gasteiger partial charge in [0.25, 0.3) is 0 Å². The first-order chi connectivity index (χ1) is 10.6. The third-order valence-corrected chi connectivity index (χ3v) is 5.11. The molecule has 0 amide bonds. The van der Waals surface area contributed by atoms with Crippen molar-refractivity contribution in [2.45, 2.75) is 32.2 Å². The Kier molecular flexibility index (Phi) is 2.80. The minimum Gasteiger partial charge on any atom is -0.380 e. The number of dihydropyridines is 1. The smallest absolute Gasteiger partial charge is 0.0722 e. The average molecular weight is 287 g/mol. The van der Waals surface area contributed by atoms with Gasteiger partial charge in [0, 0.05) is 5.41 Å². The lowest BCUT2D eigenvalue weighted by molar-refractivity contribution is 0.652. The van der Waals surface area contributed by atoms with Crippen molar-refractivity contribution in [1.82, 2.24) is 5.32 Å². The van der Waals surface area contributed by atoms with Gasteiger partial charge >= 0.3 is 0 Å². The molecule has 0 fully saturated rings. The lowest BCUT2D eigenvalue weighted by Crippen LogP contribution is -2.20. The summed E-state index contributed by atoms with van der Waals surface area (Å²) in [7, 11) is 0. The second-order valence-electron chi connectivity index (χ2n) is 6.85. The largest absolute Gasteiger partial charge is 0.380 e. The molecule has 2 aromatic carbocycles. The van der Waals surface area contributed by atoms with Crippen molar-refractivity contribution in [2.24, 2.45) is 0 Å². The van der Waals surface area contributed by atoms with E-state index in [0.717, 1.165) is 0 Å². The zero-order valence-electron chi connectivity index (χ0n) is 13.4. The van der Waals surface area contributed by atoms with Crippen LogP contribution in [0.15, 0.2) is 66.4 Å². The van der Waals surface area contributed by atoms with Gasteiger partial charge in [-0.1, -0.05) is 62.4 Å². The standard InChI is InChI=1S/C21H21N/c1-14-7-6-12-22-20(14)15-10-11-17-16-8-4-5-9-18(16)21(2,3)19(17)13-15/h4-13,20,22H,1-3H3. The summed E-state index contributed by atoms with van der Waals surface area (Å²) in [6, 6.07) is 16.0. The highest BCUT2D eigenvalue weighted by molar-refractivity contribution is 5.81. The van der Waals surface area contributed by atoms with Gasteiger partial charge in [-0.2, -0.15) is 0 Å². The average Bonchev–Trinajstić information content (AvgIpc) is 2.76. The first kappa shape index (κ1) is 13.4. The molecule has 1 heterocycles. The summed E-state index contributed by atoms with van der Waals surface area (Å²) in [5.74, 6) is 0. The summed E-state index contributed by atoms with van der Waals surface area (Å²) in [6.07, 6.45) is 6.29. The maximum absolute atomic E-state index is 3.48. The van der Waals surface area contributed by atoms with Crippen LogP contribution in [0.1, 0.15) is 43.5 Å². The Morgan fingerprint density at radius 1 is 0.955 bits per heavy atom. The van der Waals surface area contributed by atoms with Crippen molar-refractivity contribution < 1.29 is 0 Å². The molecule has 4 rings (SSSR count). The van der Waals surface area contributed by atoms with Crippen LogP contribution >= 0.6 is 0 Å². The number of allylic oxidation sites excluding steroid dienone is 2. The van der Waals surface area contributed by atoms with E-state index in [9.17, 15) is 0 Å². The lowest BCUT2D eigenvalue weighted by Gasteiger charge is -2.25. The zero-order valence-corrected chi connectivity index (χ0v) is 13.4. The molecule has 0 radical (unpaired) electrons. The summed E-state index contributed by atoms with van der Waals surface area (Å²) in [4.78, 5) is 0. The molecule has 0 spiro atoms. The summed E-state index contributed by atoms with van der Waals surface area (Å²) >= 11 is 0. The molecule has 2 aliphatic rings. The second-order valence-corrected chi connectivity index (χ2v) is 6.85. The molecule has 22 heavy (non-hydrogen) atoms. The predicted molar refractivity (Wildman–Crippen MR) is 92.8 cm³/mol. The van der Waals surface area contributed by atoms with E-state index in [1.807, 2.05) is 6.20 Å². The molecule has 0 aromatic heterocycles. The lowest BCUT2D eigenvalue weighted by atomic mass is 9.81. The van der Waals surface area contributed by atoms with Crippen LogP contribution in [0.5, 0.6) is 0 Å². The third-order valence-electron chi connectivity index (χ3n) is 5.11. The monoisotopic (exact) mass is 287 g/mol. The van der Waals surface area contributed by atoms with E-state index in [1.54, 1.807) is 0 Å². The van der Waals surface area contributed by atoms with E-state index in [2.05, 4.69) is 80.7 Å². The second kappa shape index (κ2) is 4.61. The van der Waals surface area contributed by atoms with Crippen molar-refractivity contribution >= 4 is 0 Å². The summed E-state index contributed by atoms with van der Waals surface area (Å²) in [5, 5.41) is 3.48. The number of fused-ring (bicyclic) bond motifs is 3. The Bertz CT molecular complexity index is 808. The Balaban J connectivity index is 1.86. The Morgan fingerprint density at radius 3 is 2.55 bits per heavy atom. The van der Waals surface area contributed by atoms with Gasteiger partial charge in [0.05, 0.1) is 6.04 Å².